The van der Waals surface area contributed by atoms with Gasteiger partial charge in [0.25, 0.3) is 0 Å². The van der Waals surface area contributed by atoms with Crippen molar-refractivity contribution >= 4 is 33.2 Å². The molecule has 0 saturated heterocycles. The first-order chi connectivity index (χ1) is 11.3. The molecule has 6 nitrogen and oxygen atoms in total. The van der Waals surface area contributed by atoms with Crippen LogP contribution in [0.5, 0.6) is 5.75 Å². The molecular formula is C16H17ClN2O4S. The number of aryl methyl sites for hydroxylation is 1. The van der Waals surface area contributed by atoms with Gasteiger partial charge in [-0.1, -0.05) is 29.8 Å². The second-order valence-electron chi connectivity index (χ2n) is 5.15. The van der Waals surface area contributed by atoms with E-state index in [1.807, 2.05) is 6.92 Å². The number of anilines is 1. The molecule has 1 amide bonds. The molecule has 0 bridgehead atoms. The van der Waals surface area contributed by atoms with Crippen molar-refractivity contribution in [3.63, 3.8) is 0 Å². The molecule has 0 radical (unpaired) electrons. The van der Waals surface area contributed by atoms with E-state index in [1.54, 1.807) is 24.3 Å². The molecule has 0 spiro atoms. The molecule has 0 aliphatic rings. The van der Waals surface area contributed by atoms with E-state index in [2.05, 4.69) is 10.0 Å². The molecule has 0 atom stereocenters. The van der Waals surface area contributed by atoms with Crippen LogP contribution in [0.1, 0.15) is 12.0 Å². The molecule has 2 aromatic rings. The van der Waals surface area contributed by atoms with Gasteiger partial charge in [-0.2, -0.15) is 0 Å². The number of halogens is 1. The smallest absolute Gasteiger partial charge is 0.242 e. The van der Waals surface area contributed by atoms with E-state index < -0.39 is 15.9 Å². The maximum absolute atomic E-state index is 12.1. The van der Waals surface area contributed by atoms with Crippen LogP contribution in [-0.4, -0.2) is 26.0 Å². The minimum atomic E-state index is -3.78. The van der Waals surface area contributed by atoms with E-state index in [-0.39, 0.29) is 34.3 Å². The quantitative estimate of drug-likeness (QED) is 0.683. The summed E-state index contributed by atoms with van der Waals surface area (Å²) in [5.74, 6) is -0.462. The Morgan fingerprint density at radius 3 is 2.58 bits per heavy atom. The Hall–Kier alpha value is -2.09. The van der Waals surface area contributed by atoms with E-state index >= 15 is 0 Å². The molecule has 0 fully saturated rings. The monoisotopic (exact) mass is 368 g/mol. The first kappa shape index (κ1) is 18.3. The van der Waals surface area contributed by atoms with Gasteiger partial charge in [0.2, 0.25) is 15.9 Å². The van der Waals surface area contributed by atoms with Crippen molar-refractivity contribution in [1.82, 2.24) is 4.72 Å². The zero-order chi connectivity index (χ0) is 17.7. The van der Waals surface area contributed by atoms with Gasteiger partial charge in [0.15, 0.2) is 0 Å². The zero-order valence-corrected chi connectivity index (χ0v) is 14.5. The molecule has 8 heteroatoms. The summed E-state index contributed by atoms with van der Waals surface area (Å²) in [5, 5.41) is 12.4. The molecule has 0 saturated carbocycles. The second-order valence-corrected chi connectivity index (χ2v) is 7.29. The third-order valence-corrected chi connectivity index (χ3v) is 5.16. The minimum Gasteiger partial charge on any atom is -0.506 e. The second kappa shape index (κ2) is 7.65. The molecule has 2 aromatic carbocycles. The first-order valence-electron chi connectivity index (χ1n) is 7.13. The van der Waals surface area contributed by atoms with Gasteiger partial charge in [0.1, 0.15) is 10.6 Å². The van der Waals surface area contributed by atoms with Crippen LogP contribution in [0.4, 0.5) is 5.69 Å². The predicted molar refractivity (Wildman–Crippen MR) is 92.7 cm³/mol. The van der Waals surface area contributed by atoms with Crippen LogP contribution in [0.2, 0.25) is 5.02 Å². The Morgan fingerprint density at radius 1 is 1.21 bits per heavy atom. The molecule has 3 N–H and O–H groups in total. The van der Waals surface area contributed by atoms with Crippen LogP contribution in [-0.2, 0) is 14.8 Å². The third kappa shape index (κ3) is 4.70. The molecule has 24 heavy (non-hydrogen) atoms. The van der Waals surface area contributed by atoms with E-state index in [9.17, 15) is 18.3 Å². The van der Waals surface area contributed by atoms with E-state index in [1.165, 1.54) is 18.2 Å². The summed E-state index contributed by atoms with van der Waals surface area (Å²) in [7, 11) is -3.78. The highest BCUT2D eigenvalue weighted by Gasteiger charge is 2.17. The van der Waals surface area contributed by atoms with Gasteiger partial charge >= 0.3 is 0 Å². The Bertz CT molecular complexity index is 853. The van der Waals surface area contributed by atoms with Crippen LogP contribution in [0, 0.1) is 6.92 Å². The first-order valence-corrected chi connectivity index (χ1v) is 8.99. The number of rotatable bonds is 6. The van der Waals surface area contributed by atoms with Crippen molar-refractivity contribution in [3.8, 4) is 5.75 Å². The minimum absolute atomic E-state index is 0.0387. The fourth-order valence-corrected chi connectivity index (χ4v) is 3.55. The average Bonchev–Trinajstić information content (AvgIpc) is 2.50. The number of hydrogen-bond donors (Lipinski definition) is 3. The fourth-order valence-electron chi connectivity index (χ4n) is 2.00. The lowest BCUT2D eigenvalue weighted by Gasteiger charge is -2.10. The summed E-state index contributed by atoms with van der Waals surface area (Å²) in [4.78, 5) is 11.8. The summed E-state index contributed by atoms with van der Waals surface area (Å²) in [6.07, 6.45) is -0.0863. The van der Waals surface area contributed by atoms with Crippen molar-refractivity contribution < 1.29 is 18.3 Å². The lowest BCUT2D eigenvalue weighted by molar-refractivity contribution is -0.116. The number of aromatic hydroxyl groups is 1. The standard InChI is InChI=1S/C16H17ClN2O4S/c1-11-6-7-13(14(20)10-11)19-16(21)8-9-18-24(22,23)15-5-3-2-4-12(15)17/h2-7,10,18,20H,8-9H2,1H3,(H,19,21). The number of phenolic OH excluding ortho intramolecular Hbond substituents is 1. The summed E-state index contributed by atoms with van der Waals surface area (Å²) >= 11 is 5.86. The molecule has 128 valence electrons. The van der Waals surface area contributed by atoms with Gasteiger partial charge in [0.05, 0.1) is 10.7 Å². The topological polar surface area (TPSA) is 95.5 Å². The number of hydrogen-bond acceptors (Lipinski definition) is 4. The predicted octanol–water partition coefficient (Wildman–Crippen LogP) is 2.66. The zero-order valence-electron chi connectivity index (χ0n) is 12.9. The Kier molecular flexibility index (Phi) is 5.82. The van der Waals surface area contributed by atoms with Crippen molar-refractivity contribution in [2.24, 2.45) is 0 Å². The van der Waals surface area contributed by atoms with Crippen LogP contribution in [0.15, 0.2) is 47.4 Å². The Labute approximate surface area is 145 Å². The van der Waals surface area contributed by atoms with Crippen molar-refractivity contribution in [3.05, 3.63) is 53.1 Å². The van der Waals surface area contributed by atoms with Crippen LogP contribution in [0.3, 0.4) is 0 Å². The average molecular weight is 369 g/mol. The number of benzene rings is 2. The Morgan fingerprint density at radius 2 is 1.92 bits per heavy atom. The number of carbonyl (C=O) groups excluding carboxylic acids is 1. The van der Waals surface area contributed by atoms with E-state index in [4.69, 9.17) is 11.6 Å². The third-order valence-electron chi connectivity index (χ3n) is 3.20. The molecular weight excluding hydrogens is 352 g/mol. The van der Waals surface area contributed by atoms with Gasteiger partial charge < -0.3 is 10.4 Å². The van der Waals surface area contributed by atoms with Crippen molar-refractivity contribution in [2.75, 3.05) is 11.9 Å². The molecule has 0 aromatic heterocycles. The van der Waals surface area contributed by atoms with Crippen LogP contribution >= 0.6 is 11.6 Å². The number of nitrogens with one attached hydrogen (secondary N) is 2. The van der Waals surface area contributed by atoms with Gasteiger partial charge in [-0.05, 0) is 36.8 Å². The van der Waals surface area contributed by atoms with Crippen LogP contribution < -0.4 is 10.0 Å². The maximum Gasteiger partial charge on any atom is 0.242 e. The largest absolute Gasteiger partial charge is 0.506 e. The number of amides is 1. The lowest BCUT2D eigenvalue weighted by Crippen LogP contribution is -2.28. The summed E-state index contributed by atoms with van der Waals surface area (Å²) < 4.78 is 26.6. The van der Waals surface area contributed by atoms with Crippen molar-refractivity contribution in [1.29, 1.82) is 0 Å². The van der Waals surface area contributed by atoms with Crippen LogP contribution in [0.25, 0.3) is 0 Å². The highest BCUT2D eigenvalue weighted by molar-refractivity contribution is 7.89. The number of phenols is 1. The van der Waals surface area contributed by atoms with Gasteiger partial charge in [0, 0.05) is 13.0 Å². The molecule has 0 aliphatic carbocycles. The highest BCUT2D eigenvalue weighted by Crippen LogP contribution is 2.24. The normalized spacial score (nSPS) is 11.2. The van der Waals surface area contributed by atoms with Gasteiger partial charge in [-0.25, -0.2) is 13.1 Å². The summed E-state index contributed by atoms with van der Waals surface area (Å²) in [6.45, 7) is 1.72. The Balaban J connectivity index is 1.92. The maximum atomic E-state index is 12.1. The number of carbonyl (C=O) groups is 1. The molecule has 2 rings (SSSR count). The molecule has 0 heterocycles. The van der Waals surface area contributed by atoms with Gasteiger partial charge in [-0.15, -0.1) is 0 Å². The van der Waals surface area contributed by atoms with E-state index in [0.29, 0.717) is 0 Å². The SMILES string of the molecule is Cc1ccc(NC(=O)CCNS(=O)(=O)c2ccccc2Cl)c(O)c1. The highest BCUT2D eigenvalue weighted by atomic mass is 35.5. The summed E-state index contributed by atoms with van der Waals surface area (Å²) in [6, 6.07) is 10.9. The number of sulfonamides is 1. The van der Waals surface area contributed by atoms with Crippen molar-refractivity contribution in [2.45, 2.75) is 18.2 Å². The van der Waals surface area contributed by atoms with Gasteiger partial charge in [-0.3, -0.25) is 4.79 Å². The fraction of sp³-hybridized carbons (Fsp3) is 0.188. The molecule has 0 unspecified atom stereocenters. The lowest BCUT2D eigenvalue weighted by atomic mass is 10.2. The summed E-state index contributed by atoms with van der Waals surface area (Å²) in [5.41, 5.74) is 1.14. The van der Waals surface area contributed by atoms with E-state index in [0.717, 1.165) is 5.56 Å². The molecule has 0 aliphatic heterocycles.